The molecule has 0 heterocycles. The maximum Gasteiger partial charge on any atom is 0.310 e. The largest absolute Gasteiger partial charge is 0.465 e. The molecule has 120 valence electrons. The van der Waals surface area contributed by atoms with E-state index in [0.717, 1.165) is 5.56 Å². The van der Waals surface area contributed by atoms with Gasteiger partial charge in [0.2, 0.25) is 0 Å². The fraction of sp³-hybridized carbons (Fsp3) is 0.556. The van der Waals surface area contributed by atoms with Gasteiger partial charge in [0, 0.05) is 5.92 Å². The zero-order valence-corrected chi connectivity index (χ0v) is 13.7. The molecule has 0 bridgehead atoms. The molecule has 0 amide bonds. The first-order valence-corrected chi connectivity index (χ1v) is 7.72. The van der Waals surface area contributed by atoms with E-state index in [0.29, 0.717) is 0 Å². The van der Waals surface area contributed by atoms with Gasteiger partial charge in [-0.15, -0.1) is 0 Å². The van der Waals surface area contributed by atoms with Crippen molar-refractivity contribution < 1.29 is 19.1 Å². The molecule has 1 fully saturated rings. The third-order valence-corrected chi connectivity index (χ3v) is 4.27. The van der Waals surface area contributed by atoms with Crippen LogP contribution in [0.4, 0.5) is 0 Å². The molecule has 1 saturated carbocycles. The van der Waals surface area contributed by atoms with Crippen LogP contribution < -0.4 is 0 Å². The van der Waals surface area contributed by atoms with Gasteiger partial charge in [-0.2, -0.15) is 0 Å². The van der Waals surface area contributed by atoms with Crippen LogP contribution in [0.1, 0.15) is 33.3 Å². The number of carbonyl (C=O) groups is 2. The molecule has 0 radical (unpaired) electrons. The minimum atomic E-state index is -0.259. The first-order valence-electron chi connectivity index (χ1n) is 7.72. The summed E-state index contributed by atoms with van der Waals surface area (Å²) in [6, 6.07) is 9.48. The van der Waals surface area contributed by atoms with Crippen molar-refractivity contribution in [2.75, 3.05) is 6.61 Å². The van der Waals surface area contributed by atoms with Crippen LogP contribution in [0.3, 0.4) is 0 Å². The molecule has 4 heteroatoms. The number of rotatable bonds is 6. The van der Waals surface area contributed by atoms with E-state index in [2.05, 4.69) is 0 Å². The second-order valence-corrected chi connectivity index (χ2v) is 6.74. The van der Waals surface area contributed by atoms with E-state index in [9.17, 15) is 9.59 Å². The molecule has 2 unspecified atom stereocenters. The summed E-state index contributed by atoms with van der Waals surface area (Å²) in [7, 11) is 0. The molecule has 2 rings (SSSR count). The lowest BCUT2D eigenvalue weighted by Gasteiger charge is -2.08. The van der Waals surface area contributed by atoms with E-state index in [1.165, 1.54) is 0 Å². The standard InChI is InChI=1S/C18H24O4/c1-12(2)22-17(20)16-14(18(16,3)4)11-21-15(19)10-13-8-6-5-7-9-13/h5-9,12,14,16H,10-11H2,1-4H3. The van der Waals surface area contributed by atoms with Crippen LogP contribution in [0.5, 0.6) is 0 Å². The Labute approximate surface area is 131 Å². The molecule has 2 atom stereocenters. The van der Waals surface area contributed by atoms with Crippen molar-refractivity contribution in [3.63, 3.8) is 0 Å². The Balaban J connectivity index is 1.82. The summed E-state index contributed by atoms with van der Waals surface area (Å²) in [5.41, 5.74) is 0.761. The maximum absolute atomic E-state index is 12.0. The number of hydrogen-bond donors (Lipinski definition) is 0. The maximum atomic E-state index is 12.0. The van der Waals surface area contributed by atoms with E-state index < -0.39 is 0 Å². The normalized spacial score (nSPS) is 22.2. The monoisotopic (exact) mass is 304 g/mol. The molecule has 4 nitrogen and oxygen atoms in total. The molecule has 0 aromatic heterocycles. The van der Waals surface area contributed by atoms with Gasteiger partial charge in [-0.3, -0.25) is 9.59 Å². The van der Waals surface area contributed by atoms with Crippen molar-refractivity contribution in [1.82, 2.24) is 0 Å². The Morgan fingerprint density at radius 1 is 1.18 bits per heavy atom. The summed E-state index contributed by atoms with van der Waals surface area (Å²) in [5.74, 6) is -0.591. The van der Waals surface area contributed by atoms with E-state index in [1.807, 2.05) is 58.0 Å². The van der Waals surface area contributed by atoms with Gasteiger partial charge < -0.3 is 9.47 Å². The zero-order valence-electron chi connectivity index (χ0n) is 13.7. The minimum absolute atomic E-state index is 0.0403. The minimum Gasteiger partial charge on any atom is -0.465 e. The molecular weight excluding hydrogens is 280 g/mol. The Kier molecular flexibility index (Phi) is 4.89. The molecule has 1 aromatic rings. The van der Waals surface area contributed by atoms with Gasteiger partial charge >= 0.3 is 11.9 Å². The SMILES string of the molecule is CC(C)OC(=O)C1C(COC(=O)Cc2ccccc2)C1(C)C. The second-order valence-electron chi connectivity index (χ2n) is 6.74. The van der Waals surface area contributed by atoms with Gasteiger partial charge in [-0.05, 0) is 24.8 Å². The lowest BCUT2D eigenvalue weighted by Crippen LogP contribution is -2.16. The third-order valence-electron chi connectivity index (χ3n) is 4.27. The third kappa shape index (κ3) is 3.87. The van der Waals surface area contributed by atoms with Gasteiger partial charge in [0.25, 0.3) is 0 Å². The summed E-state index contributed by atoms with van der Waals surface area (Å²) in [6.07, 6.45) is 0.139. The van der Waals surface area contributed by atoms with Gasteiger partial charge in [0.1, 0.15) is 0 Å². The van der Waals surface area contributed by atoms with Crippen molar-refractivity contribution >= 4 is 11.9 Å². The fourth-order valence-corrected chi connectivity index (χ4v) is 2.83. The first-order chi connectivity index (χ1) is 10.3. The average Bonchev–Trinajstić information content (AvgIpc) is 2.98. The van der Waals surface area contributed by atoms with Crippen LogP contribution in [0.2, 0.25) is 0 Å². The van der Waals surface area contributed by atoms with Gasteiger partial charge in [0.05, 0.1) is 25.0 Å². The topological polar surface area (TPSA) is 52.6 Å². The summed E-state index contributed by atoms with van der Waals surface area (Å²) >= 11 is 0. The van der Waals surface area contributed by atoms with E-state index in [-0.39, 0.29) is 48.3 Å². The molecule has 0 spiro atoms. The number of carbonyl (C=O) groups excluding carboxylic acids is 2. The average molecular weight is 304 g/mol. The number of hydrogen-bond acceptors (Lipinski definition) is 4. The molecule has 0 saturated heterocycles. The van der Waals surface area contributed by atoms with Crippen LogP contribution in [0, 0.1) is 17.3 Å². The van der Waals surface area contributed by atoms with E-state index in [1.54, 1.807) is 0 Å². The lowest BCUT2D eigenvalue weighted by atomic mass is 10.1. The summed E-state index contributed by atoms with van der Waals surface area (Å²) in [4.78, 5) is 23.9. The Morgan fingerprint density at radius 2 is 1.82 bits per heavy atom. The highest BCUT2D eigenvalue weighted by Gasteiger charge is 2.63. The highest BCUT2D eigenvalue weighted by atomic mass is 16.5. The zero-order chi connectivity index (χ0) is 16.3. The van der Waals surface area contributed by atoms with Crippen molar-refractivity contribution in [2.24, 2.45) is 17.3 Å². The molecule has 0 N–H and O–H groups in total. The van der Waals surface area contributed by atoms with Crippen molar-refractivity contribution in [1.29, 1.82) is 0 Å². The summed E-state index contributed by atoms with van der Waals surface area (Å²) in [6.45, 7) is 7.96. The van der Waals surface area contributed by atoms with E-state index >= 15 is 0 Å². The van der Waals surface area contributed by atoms with Crippen LogP contribution >= 0.6 is 0 Å². The number of esters is 2. The van der Waals surface area contributed by atoms with Crippen LogP contribution in [-0.4, -0.2) is 24.6 Å². The first kappa shape index (κ1) is 16.5. The summed E-state index contributed by atoms with van der Waals surface area (Å²) < 4.78 is 10.6. The van der Waals surface area contributed by atoms with Crippen molar-refractivity contribution in [2.45, 2.75) is 40.2 Å². The second kappa shape index (κ2) is 6.51. The number of ether oxygens (including phenoxy) is 2. The van der Waals surface area contributed by atoms with Crippen LogP contribution in [0.25, 0.3) is 0 Å². The van der Waals surface area contributed by atoms with Crippen molar-refractivity contribution in [3.8, 4) is 0 Å². The molecule has 1 aliphatic carbocycles. The lowest BCUT2D eigenvalue weighted by molar-refractivity contribution is -0.151. The Bertz CT molecular complexity index is 533. The summed E-state index contributed by atoms with van der Waals surface area (Å²) in [5, 5.41) is 0. The number of benzene rings is 1. The predicted octanol–water partition coefficient (Wildman–Crippen LogP) is 3.00. The highest BCUT2D eigenvalue weighted by Crippen LogP contribution is 2.58. The predicted molar refractivity (Wildman–Crippen MR) is 83.1 cm³/mol. The molecular formula is C18H24O4. The van der Waals surface area contributed by atoms with Crippen LogP contribution in [0.15, 0.2) is 30.3 Å². The van der Waals surface area contributed by atoms with Gasteiger partial charge in [-0.1, -0.05) is 44.2 Å². The fourth-order valence-electron chi connectivity index (χ4n) is 2.83. The Morgan fingerprint density at radius 3 is 2.41 bits per heavy atom. The molecule has 0 aliphatic heterocycles. The van der Waals surface area contributed by atoms with Crippen LogP contribution in [-0.2, 0) is 25.5 Å². The molecule has 1 aliphatic rings. The van der Waals surface area contributed by atoms with Crippen molar-refractivity contribution in [3.05, 3.63) is 35.9 Å². The quantitative estimate of drug-likeness (QED) is 0.758. The smallest absolute Gasteiger partial charge is 0.310 e. The van der Waals surface area contributed by atoms with Gasteiger partial charge in [0.15, 0.2) is 0 Å². The van der Waals surface area contributed by atoms with Gasteiger partial charge in [-0.25, -0.2) is 0 Å². The molecule has 22 heavy (non-hydrogen) atoms. The Hall–Kier alpha value is -1.84. The van der Waals surface area contributed by atoms with E-state index in [4.69, 9.17) is 9.47 Å². The molecule has 1 aromatic carbocycles. The highest BCUT2D eigenvalue weighted by molar-refractivity contribution is 5.78.